The molecule has 1 fully saturated rings. The van der Waals surface area contributed by atoms with Gasteiger partial charge in [0, 0.05) is 22.7 Å². The van der Waals surface area contributed by atoms with Crippen molar-refractivity contribution in [2.75, 3.05) is 26.2 Å². The number of rotatable bonds is 5. The molecular weight excluding hydrogens is 282 g/mol. The van der Waals surface area contributed by atoms with E-state index in [2.05, 4.69) is 34.5 Å². The number of hydrogen-bond donors (Lipinski definition) is 2. The molecule has 1 unspecified atom stereocenters. The number of primary amides is 1. The molecule has 21 heavy (non-hydrogen) atoms. The molecule has 2 aliphatic heterocycles. The average Bonchev–Trinajstić information content (AvgIpc) is 2.89. The molecule has 0 aromatic heterocycles. The van der Waals surface area contributed by atoms with Gasteiger partial charge >= 0.3 is 0 Å². The second-order valence-electron chi connectivity index (χ2n) is 5.93. The minimum absolute atomic E-state index is 0.214. The smallest absolute Gasteiger partial charge is 0.231 e. The fourth-order valence-electron chi connectivity index (χ4n) is 3.33. The standard InChI is InChI=1S/C16H23N3OS/c17-16(20)11-19(13-5-7-18-8-6-13)10-14-9-12-3-1-2-4-15(12)21-14/h1-4,13-14,18H,5-11H2,(H2,17,20). The van der Waals surface area contributed by atoms with Crippen LogP contribution in [0, 0.1) is 0 Å². The lowest BCUT2D eigenvalue weighted by atomic mass is 10.0. The first-order valence-corrected chi connectivity index (χ1v) is 8.58. The van der Waals surface area contributed by atoms with Gasteiger partial charge in [-0.15, -0.1) is 11.8 Å². The number of carbonyl (C=O) groups is 1. The maximum Gasteiger partial charge on any atom is 0.231 e. The van der Waals surface area contributed by atoms with Crippen molar-refractivity contribution in [2.24, 2.45) is 5.73 Å². The van der Waals surface area contributed by atoms with E-state index in [0.29, 0.717) is 17.8 Å². The second-order valence-corrected chi connectivity index (χ2v) is 7.27. The van der Waals surface area contributed by atoms with E-state index in [0.717, 1.165) is 38.9 Å². The summed E-state index contributed by atoms with van der Waals surface area (Å²) in [4.78, 5) is 15.1. The van der Waals surface area contributed by atoms with E-state index in [1.165, 1.54) is 10.5 Å². The Morgan fingerprint density at radius 1 is 1.33 bits per heavy atom. The predicted octanol–water partition coefficient (Wildman–Crippen LogP) is 1.24. The van der Waals surface area contributed by atoms with E-state index < -0.39 is 0 Å². The Morgan fingerprint density at radius 2 is 2.10 bits per heavy atom. The zero-order chi connectivity index (χ0) is 14.7. The maximum absolute atomic E-state index is 11.4. The van der Waals surface area contributed by atoms with Gasteiger partial charge in [0.25, 0.3) is 0 Å². The van der Waals surface area contributed by atoms with Gasteiger partial charge < -0.3 is 11.1 Å². The van der Waals surface area contributed by atoms with Crippen molar-refractivity contribution in [1.29, 1.82) is 0 Å². The lowest BCUT2D eigenvalue weighted by molar-refractivity contribution is -0.119. The van der Waals surface area contributed by atoms with Crippen molar-refractivity contribution in [3.63, 3.8) is 0 Å². The molecule has 2 heterocycles. The van der Waals surface area contributed by atoms with Crippen LogP contribution in [0.25, 0.3) is 0 Å². The number of carbonyl (C=O) groups excluding carboxylic acids is 1. The Kier molecular flexibility index (Phi) is 4.83. The minimum atomic E-state index is -0.214. The van der Waals surface area contributed by atoms with Gasteiger partial charge in [0.05, 0.1) is 6.54 Å². The summed E-state index contributed by atoms with van der Waals surface area (Å²) in [5.74, 6) is -0.214. The number of hydrogen-bond acceptors (Lipinski definition) is 4. The third-order valence-electron chi connectivity index (χ3n) is 4.34. The summed E-state index contributed by atoms with van der Waals surface area (Å²) in [6, 6.07) is 9.11. The van der Waals surface area contributed by atoms with Crippen LogP contribution >= 0.6 is 11.8 Å². The second kappa shape index (κ2) is 6.81. The highest BCUT2D eigenvalue weighted by Crippen LogP contribution is 2.37. The van der Waals surface area contributed by atoms with E-state index >= 15 is 0 Å². The molecule has 0 radical (unpaired) electrons. The van der Waals surface area contributed by atoms with Crippen molar-refractivity contribution < 1.29 is 4.79 Å². The summed E-state index contributed by atoms with van der Waals surface area (Å²) < 4.78 is 0. The molecular formula is C16H23N3OS. The Balaban J connectivity index is 1.63. The average molecular weight is 305 g/mol. The molecule has 0 saturated carbocycles. The third-order valence-corrected chi connectivity index (χ3v) is 5.64. The quantitative estimate of drug-likeness (QED) is 0.859. The number of nitrogens with zero attached hydrogens (tertiary/aromatic N) is 1. The van der Waals surface area contributed by atoms with Crippen molar-refractivity contribution in [2.45, 2.75) is 35.4 Å². The molecule has 1 atom stereocenters. The molecule has 5 heteroatoms. The van der Waals surface area contributed by atoms with Gasteiger partial charge in [-0.3, -0.25) is 9.69 Å². The largest absolute Gasteiger partial charge is 0.369 e. The Bertz CT molecular complexity index is 477. The third kappa shape index (κ3) is 3.78. The van der Waals surface area contributed by atoms with Gasteiger partial charge in [0.15, 0.2) is 0 Å². The van der Waals surface area contributed by atoms with Crippen molar-refractivity contribution in [1.82, 2.24) is 10.2 Å². The summed E-state index contributed by atoms with van der Waals surface area (Å²) in [7, 11) is 0. The number of benzene rings is 1. The van der Waals surface area contributed by atoms with E-state index in [4.69, 9.17) is 5.73 Å². The number of piperidine rings is 1. The van der Waals surface area contributed by atoms with Crippen LogP contribution in [-0.4, -0.2) is 48.3 Å². The highest BCUT2D eigenvalue weighted by molar-refractivity contribution is 8.00. The first-order chi connectivity index (χ1) is 10.2. The number of amides is 1. The molecule has 1 aromatic carbocycles. The molecule has 0 spiro atoms. The molecule has 1 amide bonds. The molecule has 4 nitrogen and oxygen atoms in total. The van der Waals surface area contributed by atoms with Gasteiger partial charge in [-0.25, -0.2) is 0 Å². The fraction of sp³-hybridized carbons (Fsp3) is 0.562. The molecule has 114 valence electrons. The summed E-state index contributed by atoms with van der Waals surface area (Å²) in [6.45, 7) is 3.42. The number of fused-ring (bicyclic) bond motifs is 1. The van der Waals surface area contributed by atoms with Crippen LogP contribution < -0.4 is 11.1 Å². The molecule has 1 aromatic rings. The van der Waals surface area contributed by atoms with E-state index in [-0.39, 0.29) is 5.91 Å². The molecule has 0 bridgehead atoms. The van der Waals surface area contributed by atoms with Crippen LogP contribution in [0.15, 0.2) is 29.2 Å². The van der Waals surface area contributed by atoms with Gasteiger partial charge in [-0.1, -0.05) is 18.2 Å². The van der Waals surface area contributed by atoms with Gasteiger partial charge in [-0.05, 0) is 44.0 Å². The lowest BCUT2D eigenvalue weighted by Gasteiger charge is -2.35. The van der Waals surface area contributed by atoms with Gasteiger partial charge in [0.2, 0.25) is 5.91 Å². The molecule has 1 saturated heterocycles. The highest BCUT2D eigenvalue weighted by atomic mass is 32.2. The topological polar surface area (TPSA) is 58.4 Å². The maximum atomic E-state index is 11.4. The molecule has 2 aliphatic rings. The Hall–Kier alpha value is -1.04. The molecule has 0 aliphatic carbocycles. The predicted molar refractivity (Wildman–Crippen MR) is 86.5 cm³/mol. The number of nitrogens with one attached hydrogen (secondary N) is 1. The molecule has 3 rings (SSSR count). The van der Waals surface area contributed by atoms with Crippen molar-refractivity contribution in [3.8, 4) is 0 Å². The van der Waals surface area contributed by atoms with Crippen LogP contribution in [0.3, 0.4) is 0 Å². The highest BCUT2D eigenvalue weighted by Gasteiger charge is 2.28. The van der Waals surface area contributed by atoms with Gasteiger partial charge in [-0.2, -0.15) is 0 Å². The first-order valence-electron chi connectivity index (χ1n) is 7.70. The van der Waals surface area contributed by atoms with E-state index in [9.17, 15) is 4.79 Å². The van der Waals surface area contributed by atoms with Crippen LogP contribution in [0.5, 0.6) is 0 Å². The monoisotopic (exact) mass is 305 g/mol. The van der Waals surface area contributed by atoms with E-state index in [1.807, 2.05) is 11.8 Å². The molecule has 3 N–H and O–H groups in total. The van der Waals surface area contributed by atoms with E-state index in [1.54, 1.807) is 0 Å². The first kappa shape index (κ1) is 14.9. The van der Waals surface area contributed by atoms with Crippen LogP contribution in [0.4, 0.5) is 0 Å². The van der Waals surface area contributed by atoms with Crippen LogP contribution in [0.2, 0.25) is 0 Å². The minimum Gasteiger partial charge on any atom is -0.369 e. The zero-order valence-corrected chi connectivity index (χ0v) is 13.1. The zero-order valence-electron chi connectivity index (χ0n) is 12.3. The van der Waals surface area contributed by atoms with Crippen molar-refractivity contribution >= 4 is 17.7 Å². The Morgan fingerprint density at radius 3 is 2.81 bits per heavy atom. The number of thioether (sulfide) groups is 1. The van der Waals surface area contributed by atoms with Crippen LogP contribution in [0.1, 0.15) is 18.4 Å². The summed E-state index contributed by atoms with van der Waals surface area (Å²) in [5, 5.41) is 3.92. The van der Waals surface area contributed by atoms with Gasteiger partial charge in [0.1, 0.15) is 0 Å². The summed E-state index contributed by atoms with van der Waals surface area (Å²) >= 11 is 1.95. The summed E-state index contributed by atoms with van der Waals surface area (Å²) in [5.41, 5.74) is 6.90. The Labute approximate surface area is 130 Å². The fourth-order valence-corrected chi connectivity index (χ4v) is 4.68. The SMILES string of the molecule is NC(=O)CN(CC1Cc2ccccc2S1)C1CCNCC1. The van der Waals surface area contributed by atoms with Crippen LogP contribution in [-0.2, 0) is 11.2 Å². The normalized spacial score (nSPS) is 22.4. The lowest BCUT2D eigenvalue weighted by Crippen LogP contribution is -2.48. The van der Waals surface area contributed by atoms with Crippen molar-refractivity contribution in [3.05, 3.63) is 29.8 Å². The summed E-state index contributed by atoms with van der Waals surface area (Å²) in [6.07, 6.45) is 3.32. The number of nitrogens with two attached hydrogens (primary N) is 1.